The number of hydrogen-bond acceptors (Lipinski definition) is 5. The maximum absolute atomic E-state index is 13.6. The normalized spacial score (nSPS) is 18.8. The number of anilines is 2. The first kappa shape index (κ1) is 22.8. The van der Waals surface area contributed by atoms with Gasteiger partial charge in [0.25, 0.3) is 5.91 Å². The second-order valence-electron chi connectivity index (χ2n) is 9.54. The molecule has 31 heavy (non-hydrogen) atoms. The van der Waals surface area contributed by atoms with E-state index >= 15 is 0 Å². The minimum Gasteiger partial charge on any atom is -0.330 e. The Kier molecular flexibility index (Phi) is 6.54. The third-order valence-corrected chi connectivity index (χ3v) is 8.96. The highest BCUT2D eigenvalue weighted by Crippen LogP contribution is 2.50. The average molecular weight is 478 g/mol. The van der Waals surface area contributed by atoms with E-state index in [9.17, 15) is 9.00 Å². The lowest BCUT2D eigenvalue weighted by molar-refractivity contribution is 0.0986. The summed E-state index contributed by atoms with van der Waals surface area (Å²) in [5, 5.41) is 1.83. The number of fused-ring (bicyclic) bond motifs is 2. The highest BCUT2D eigenvalue weighted by molar-refractivity contribution is 7.99. The van der Waals surface area contributed by atoms with Crippen LogP contribution in [0.5, 0.6) is 0 Å². The van der Waals surface area contributed by atoms with Gasteiger partial charge in [-0.2, -0.15) is 0 Å². The molecule has 0 bridgehead atoms. The van der Waals surface area contributed by atoms with Crippen LogP contribution in [0.25, 0.3) is 0 Å². The molecule has 2 aliphatic rings. The summed E-state index contributed by atoms with van der Waals surface area (Å²) in [5.74, 6) is 0.0123. The van der Waals surface area contributed by atoms with Crippen LogP contribution in [0.4, 0.5) is 11.4 Å². The quantitative estimate of drug-likeness (QED) is 0.542. The Morgan fingerprint density at radius 2 is 1.94 bits per heavy atom. The van der Waals surface area contributed by atoms with E-state index in [1.54, 1.807) is 18.0 Å². The van der Waals surface area contributed by atoms with Gasteiger partial charge in [0.15, 0.2) is 0 Å². The number of nitrogens with zero attached hydrogens (tertiary/aromatic N) is 1. The number of nitrogens with one attached hydrogen (secondary N) is 2. The summed E-state index contributed by atoms with van der Waals surface area (Å²) in [5.41, 5.74) is 3.21. The van der Waals surface area contributed by atoms with Gasteiger partial charge in [0, 0.05) is 40.5 Å². The molecule has 1 spiro atoms. The van der Waals surface area contributed by atoms with Crippen LogP contribution in [0, 0.1) is 0 Å². The number of hydrogen-bond donors (Lipinski definition) is 2. The number of thiophene rings is 1. The van der Waals surface area contributed by atoms with Crippen molar-refractivity contribution >= 4 is 51.6 Å². The molecule has 8 heteroatoms. The highest BCUT2D eigenvalue weighted by atomic mass is 32.2. The first-order valence-electron chi connectivity index (χ1n) is 10.8. The van der Waals surface area contributed by atoms with Crippen molar-refractivity contribution in [1.29, 1.82) is 0 Å². The van der Waals surface area contributed by atoms with Crippen molar-refractivity contribution in [3.8, 4) is 0 Å². The number of rotatable bonds is 5. The van der Waals surface area contributed by atoms with Crippen LogP contribution in [0.15, 0.2) is 34.5 Å². The first-order chi connectivity index (χ1) is 14.7. The molecular weight excluding hydrogens is 446 g/mol. The Bertz CT molecular complexity index is 990. The lowest BCUT2D eigenvalue weighted by atomic mass is 9.70. The molecule has 2 heterocycles. The molecule has 1 unspecified atom stereocenters. The van der Waals surface area contributed by atoms with Gasteiger partial charge in [0.1, 0.15) is 11.0 Å². The third-order valence-electron chi connectivity index (χ3n) is 5.99. The van der Waals surface area contributed by atoms with Crippen LogP contribution in [-0.2, 0) is 16.4 Å². The van der Waals surface area contributed by atoms with Gasteiger partial charge >= 0.3 is 0 Å². The molecule has 1 amide bonds. The number of benzene rings is 1. The van der Waals surface area contributed by atoms with Crippen LogP contribution in [0.3, 0.4) is 0 Å². The molecule has 0 saturated heterocycles. The van der Waals surface area contributed by atoms with Crippen molar-refractivity contribution in [2.45, 2.75) is 68.7 Å². The van der Waals surface area contributed by atoms with Crippen molar-refractivity contribution in [3.05, 3.63) is 40.1 Å². The average Bonchev–Trinajstić information content (AvgIpc) is 3.32. The second-order valence-corrected chi connectivity index (χ2v) is 12.3. The first-order valence-corrected chi connectivity index (χ1v) is 14.0. The number of carbonyl (C=O) groups is 1. The van der Waals surface area contributed by atoms with Crippen molar-refractivity contribution in [2.24, 2.45) is 0 Å². The molecule has 168 valence electrons. The Morgan fingerprint density at radius 3 is 2.61 bits per heavy atom. The third kappa shape index (κ3) is 4.72. The molecule has 1 saturated carbocycles. The Hall–Kier alpha value is -1.35. The smallest absolute Gasteiger partial charge is 0.268 e. The van der Waals surface area contributed by atoms with Gasteiger partial charge in [-0.3, -0.25) is 4.79 Å². The fraction of sp³-hybridized carbons (Fsp3) is 0.522. The van der Waals surface area contributed by atoms with Crippen LogP contribution in [0.2, 0.25) is 0 Å². The maximum atomic E-state index is 13.6. The zero-order valence-electron chi connectivity index (χ0n) is 18.6. The van der Waals surface area contributed by atoms with Gasteiger partial charge in [-0.05, 0) is 63.4 Å². The lowest BCUT2D eigenvalue weighted by Crippen LogP contribution is -2.38. The summed E-state index contributed by atoms with van der Waals surface area (Å²) in [6.45, 7) is 6.68. The summed E-state index contributed by atoms with van der Waals surface area (Å²) in [7, 11) is -1.33. The number of amides is 1. The molecule has 1 atom stereocenters. The van der Waals surface area contributed by atoms with E-state index in [1.807, 2.05) is 37.3 Å². The molecule has 1 aliphatic heterocycles. The van der Waals surface area contributed by atoms with Gasteiger partial charge in [-0.15, -0.1) is 11.3 Å². The molecule has 1 aliphatic carbocycles. The van der Waals surface area contributed by atoms with E-state index < -0.39 is 11.0 Å². The van der Waals surface area contributed by atoms with Gasteiger partial charge in [-0.1, -0.05) is 31.2 Å². The van der Waals surface area contributed by atoms with Gasteiger partial charge < -0.3 is 9.62 Å². The van der Waals surface area contributed by atoms with E-state index in [0.717, 1.165) is 30.8 Å². The van der Waals surface area contributed by atoms with Crippen LogP contribution < -0.4 is 14.3 Å². The minimum atomic E-state index is -1.33. The van der Waals surface area contributed by atoms with Crippen LogP contribution in [-0.4, -0.2) is 28.5 Å². The fourth-order valence-corrected chi connectivity index (χ4v) is 7.23. The Balaban J connectivity index is 1.63. The molecular formula is C23H31N3O2S3. The summed E-state index contributed by atoms with van der Waals surface area (Å²) in [6.07, 6.45) is 7.97. The monoisotopic (exact) mass is 477 g/mol. The Morgan fingerprint density at radius 1 is 1.19 bits per heavy atom. The van der Waals surface area contributed by atoms with Crippen molar-refractivity contribution < 1.29 is 9.00 Å². The minimum absolute atomic E-state index is 0.0123. The van der Waals surface area contributed by atoms with E-state index in [4.69, 9.17) is 0 Å². The molecule has 5 nitrogen and oxygen atoms in total. The molecule has 1 aromatic carbocycles. The predicted molar refractivity (Wildman–Crippen MR) is 134 cm³/mol. The topological polar surface area (TPSA) is 61.4 Å². The largest absolute Gasteiger partial charge is 0.330 e. The van der Waals surface area contributed by atoms with Crippen molar-refractivity contribution in [2.75, 3.05) is 22.4 Å². The Labute approximate surface area is 196 Å². The van der Waals surface area contributed by atoms with Gasteiger partial charge in [0.2, 0.25) is 0 Å². The summed E-state index contributed by atoms with van der Waals surface area (Å²) < 4.78 is 19.1. The second kappa shape index (κ2) is 8.89. The summed E-state index contributed by atoms with van der Waals surface area (Å²) in [4.78, 5) is 16.8. The molecule has 2 aromatic rings. The van der Waals surface area contributed by atoms with E-state index in [-0.39, 0.29) is 16.9 Å². The lowest BCUT2D eigenvalue weighted by Gasteiger charge is -2.34. The maximum Gasteiger partial charge on any atom is 0.268 e. The van der Waals surface area contributed by atoms with Crippen LogP contribution in [0.1, 0.15) is 68.1 Å². The van der Waals surface area contributed by atoms with Gasteiger partial charge in [0.05, 0.1) is 9.77 Å². The predicted octanol–water partition coefficient (Wildman–Crippen LogP) is 5.71. The summed E-state index contributed by atoms with van der Waals surface area (Å²) in [6, 6.07) is 8.17. The number of carbonyl (C=O) groups excluding carboxylic acids is 1. The summed E-state index contributed by atoms with van der Waals surface area (Å²) >= 11 is 2.96. The van der Waals surface area contributed by atoms with E-state index in [0.29, 0.717) is 9.77 Å². The fourth-order valence-electron chi connectivity index (χ4n) is 4.69. The zero-order valence-corrected chi connectivity index (χ0v) is 21.1. The molecule has 2 N–H and O–H groups in total. The standard InChI is InChI=1S/C23H31N3O2S3/c1-22(2,3)25-31(28)17-13-20(30-14-17)21(27)26-15-23(10-6-5-7-11-23)18-12-16(24-29-4)8-9-19(18)26/h8-9,12-14,24-25H,5-7,10-11,15H2,1-4H3. The van der Waals surface area contributed by atoms with Crippen molar-refractivity contribution in [1.82, 2.24) is 4.72 Å². The van der Waals surface area contributed by atoms with E-state index in [2.05, 4.69) is 27.6 Å². The molecule has 1 aromatic heterocycles. The van der Waals surface area contributed by atoms with E-state index in [1.165, 1.54) is 36.2 Å². The van der Waals surface area contributed by atoms with Gasteiger partial charge in [-0.25, -0.2) is 8.93 Å². The van der Waals surface area contributed by atoms with Crippen molar-refractivity contribution in [3.63, 3.8) is 0 Å². The van der Waals surface area contributed by atoms with Crippen LogP contribution >= 0.6 is 23.3 Å². The highest BCUT2D eigenvalue weighted by Gasteiger charge is 2.45. The zero-order chi connectivity index (χ0) is 22.2. The molecule has 0 radical (unpaired) electrons. The SMILES string of the molecule is CSNc1ccc2c(c1)C1(CCCCC1)CN2C(=O)c1cc(S(=O)NC(C)(C)C)cs1. The molecule has 1 fully saturated rings. The molecule has 4 rings (SSSR count).